The second-order valence-electron chi connectivity index (χ2n) is 8.53. The molecule has 2 aromatic rings. The Labute approximate surface area is 183 Å². The zero-order valence-corrected chi connectivity index (χ0v) is 18.3. The standard InChI is InChI=1S/C24H25F6NO/c1-5-15-12-18(23(27,22(4,25)26)24(28,29)30)10-14(3)20(15)31-21(32)17-8-9-19-13(2)6-7-16(19)11-17/h8-13H,5-7H2,1-4H3,(H,31,32)/t13-,23?/m1/s1. The van der Waals surface area contributed by atoms with E-state index in [0.29, 0.717) is 11.5 Å². The summed E-state index contributed by atoms with van der Waals surface area (Å²) in [6, 6.07) is 6.85. The maximum absolute atomic E-state index is 14.9. The first kappa shape index (κ1) is 24.1. The molecule has 174 valence electrons. The van der Waals surface area contributed by atoms with E-state index in [9.17, 15) is 31.1 Å². The quantitative estimate of drug-likeness (QED) is 0.471. The fraction of sp³-hybridized carbons (Fsp3) is 0.458. The van der Waals surface area contributed by atoms with Crippen LogP contribution in [0.25, 0.3) is 0 Å². The fourth-order valence-electron chi connectivity index (χ4n) is 4.34. The van der Waals surface area contributed by atoms with Crippen molar-refractivity contribution in [3.63, 3.8) is 0 Å². The van der Waals surface area contributed by atoms with Crippen LogP contribution in [0.3, 0.4) is 0 Å². The first-order valence-electron chi connectivity index (χ1n) is 10.4. The summed E-state index contributed by atoms with van der Waals surface area (Å²) >= 11 is 0. The Morgan fingerprint density at radius 1 is 1.09 bits per heavy atom. The molecule has 0 spiro atoms. The number of aryl methyl sites for hydroxylation is 3. The molecule has 1 unspecified atom stereocenters. The van der Waals surface area contributed by atoms with Crippen molar-refractivity contribution >= 4 is 11.6 Å². The summed E-state index contributed by atoms with van der Waals surface area (Å²) < 4.78 is 82.7. The minimum atomic E-state index is -5.82. The van der Waals surface area contributed by atoms with Crippen LogP contribution in [0.5, 0.6) is 0 Å². The largest absolute Gasteiger partial charge is 0.432 e. The third-order valence-corrected chi connectivity index (χ3v) is 6.21. The lowest BCUT2D eigenvalue weighted by Gasteiger charge is -2.34. The van der Waals surface area contributed by atoms with Crippen molar-refractivity contribution in [3.05, 3.63) is 63.7 Å². The SMILES string of the molecule is CCc1cc(C(F)(C(C)(F)F)C(F)(F)F)cc(C)c1NC(=O)c1ccc2c(c1)CC[C@H]2C. The number of benzene rings is 2. The van der Waals surface area contributed by atoms with Gasteiger partial charge in [-0.25, -0.2) is 13.2 Å². The van der Waals surface area contributed by atoms with Gasteiger partial charge in [0.15, 0.2) is 0 Å². The van der Waals surface area contributed by atoms with Gasteiger partial charge in [0.05, 0.1) is 0 Å². The lowest BCUT2D eigenvalue weighted by molar-refractivity contribution is -0.304. The van der Waals surface area contributed by atoms with Crippen molar-refractivity contribution in [2.24, 2.45) is 0 Å². The van der Waals surface area contributed by atoms with E-state index < -0.39 is 29.2 Å². The van der Waals surface area contributed by atoms with Gasteiger partial charge in [0.25, 0.3) is 17.5 Å². The van der Waals surface area contributed by atoms with Crippen molar-refractivity contribution in [1.82, 2.24) is 0 Å². The number of fused-ring (bicyclic) bond motifs is 1. The highest BCUT2D eigenvalue weighted by Gasteiger charge is 2.70. The fourth-order valence-corrected chi connectivity index (χ4v) is 4.34. The molecule has 1 aliphatic rings. The third kappa shape index (κ3) is 3.99. The van der Waals surface area contributed by atoms with Crippen LogP contribution in [-0.2, 0) is 18.5 Å². The maximum atomic E-state index is 14.9. The lowest BCUT2D eigenvalue weighted by atomic mass is 9.86. The van der Waals surface area contributed by atoms with Gasteiger partial charge in [0, 0.05) is 23.7 Å². The highest BCUT2D eigenvalue weighted by molar-refractivity contribution is 6.05. The van der Waals surface area contributed by atoms with Gasteiger partial charge in [-0.3, -0.25) is 4.79 Å². The Morgan fingerprint density at radius 3 is 2.31 bits per heavy atom. The zero-order valence-electron chi connectivity index (χ0n) is 18.3. The summed E-state index contributed by atoms with van der Waals surface area (Å²) in [5.41, 5.74) is -2.99. The molecule has 32 heavy (non-hydrogen) atoms. The summed E-state index contributed by atoms with van der Waals surface area (Å²) in [5, 5.41) is 2.67. The van der Waals surface area contributed by atoms with Crippen LogP contribution in [0, 0.1) is 6.92 Å². The Hall–Kier alpha value is -2.51. The number of halogens is 6. The summed E-state index contributed by atoms with van der Waals surface area (Å²) in [4.78, 5) is 12.8. The number of carbonyl (C=O) groups is 1. The average molecular weight is 457 g/mol. The molecular weight excluding hydrogens is 432 g/mol. The molecule has 1 N–H and O–H groups in total. The summed E-state index contributed by atoms with van der Waals surface area (Å²) in [6.07, 6.45) is -3.87. The normalized spacial score (nSPS) is 18.2. The summed E-state index contributed by atoms with van der Waals surface area (Å²) in [6.45, 7) is 4.96. The molecule has 2 atom stereocenters. The Bertz CT molecular complexity index is 1020. The monoisotopic (exact) mass is 457 g/mol. The molecule has 0 bridgehead atoms. The molecule has 8 heteroatoms. The topological polar surface area (TPSA) is 29.1 Å². The van der Waals surface area contributed by atoms with E-state index in [2.05, 4.69) is 12.2 Å². The van der Waals surface area contributed by atoms with Gasteiger partial charge in [-0.05, 0) is 72.6 Å². The molecule has 0 aliphatic heterocycles. The minimum Gasteiger partial charge on any atom is -0.321 e. The van der Waals surface area contributed by atoms with Crippen molar-refractivity contribution in [1.29, 1.82) is 0 Å². The number of alkyl halides is 6. The molecule has 2 nitrogen and oxygen atoms in total. The molecule has 1 aliphatic carbocycles. The van der Waals surface area contributed by atoms with Crippen LogP contribution >= 0.6 is 0 Å². The smallest absolute Gasteiger partial charge is 0.321 e. The van der Waals surface area contributed by atoms with Gasteiger partial charge in [0.1, 0.15) is 0 Å². The van der Waals surface area contributed by atoms with Crippen molar-refractivity contribution in [3.8, 4) is 0 Å². The second kappa shape index (κ2) is 8.12. The Balaban J connectivity index is 2.00. The highest BCUT2D eigenvalue weighted by atomic mass is 19.4. The number of rotatable bonds is 5. The van der Waals surface area contributed by atoms with Gasteiger partial charge in [-0.1, -0.05) is 26.0 Å². The molecule has 0 radical (unpaired) electrons. The highest BCUT2D eigenvalue weighted by Crippen LogP contribution is 2.53. The summed E-state index contributed by atoms with van der Waals surface area (Å²) in [5.74, 6) is -4.76. The molecule has 0 fully saturated rings. The number of hydrogen-bond donors (Lipinski definition) is 1. The van der Waals surface area contributed by atoms with Gasteiger partial charge in [-0.15, -0.1) is 0 Å². The molecule has 3 rings (SSSR count). The zero-order chi connectivity index (χ0) is 24.1. The molecule has 0 saturated carbocycles. The van der Waals surface area contributed by atoms with E-state index in [1.165, 1.54) is 12.5 Å². The van der Waals surface area contributed by atoms with Gasteiger partial charge >= 0.3 is 6.18 Å². The van der Waals surface area contributed by atoms with Crippen molar-refractivity contribution in [2.45, 2.75) is 70.6 Å². The maximum Gasteiger partial charge on any atom is 0.432 e. The van der Waals surface area contributed by atoms with Crippen molar-refractivity contribution < 1.29 is 31.1 Å². The van der Waals surface area contributed by atoms with E-state index in [1.807, 2.05) is 6.07 Å². The van der Waals surface area contributed by atoms with Crippen LogP contribution in [-0.4, -0.2) is 18.0 Å². The number of amides is 1. The molecule has 0 saturated heterocycles. The molecule has 0 aromatic heterocycles. The van der Waals surface area contributed by atoms with E-state index in [-0.39, 0.29) is 30.2 Å². The summed E-state index contributed by atoms with van der Waals surface area (Å²) in [7, 11) is 0. The van der Waals surface area contributed by atoms with Crippen LogP contribution in [0.2, 0.25) is 0 Å². The molecule has 2 aromatic carbocycles. The van der Waals surface area contributed by atoms with Crippen LogP contribution in [0.4, 0.5) is 32.0 Å². The Morgan fingerprint density at radius 2 is 1.75 bits per heavy atom. The number of anilines is 1. The van der Waals surface area contributed by atoms with Crippen molar-refractivity contribution in [2.75, 3.05) is 5.32 Å². The van der Waals surface area contributed by atoms with E-state index in [0.717, 1.165) is 30.5 Å². The molecular formula is C24H25F6NO. The third-order valence-electron chi connectivity index (χ3n) is 6.21. The van der Waals surface area contributed by atoms with Gasteiger partial charge in [-0.2, -0.15) is 13.2 Å². The number of carbonyl (C=O) groups excluding carboxylic acids is 1. The average Bonchev–Trinajstić information content (AvgIpc) is 3.07. The van der Waals surface area contributed by atoms with E-state index in [1.54, 1.807) is 19.1 Å². The molecule has 1 amide bonds. The lowest BCUT2D eigenvalue weighted by Crippen LogP contribution is -2.51. The minimum absolute atomic E-state index is 0.0676. The predicted molar refractivity (Wildman–Crippen MR) is 111 cm³/mol. The van der Waals surface area contributed by atoms with E-state index >= 15 is 0 Å². The molecule has 0 heterocycles. The predicted octanol–water partition coefficient (Wildman–Crippen LogP) is 7.24. The van der Waals surface area contributed by atoms with Crippen LogP contribution in [0.1, 0.15) is 71.3 Å². The number of hydrogen-bond acceptors (Lipinski definition) is 1. The van der Waals surface area contributed by atoms with E-state index in [4.69, 9.17) is 0 Å². The Kier molecular flexibility index (Phi) is 6.13. The van der Waals surface area contributed by atoms with Gasteiger partial charge < -0.3 is 5.32 Å². The second-order valence-corrected chi connectivity index (χ2v) is 8.53. The van der Waals surface area contributed by atoms with Crippen LogP contribution in [0.15, 0.2) is 30.3 Å². The first-order valence-corrected chi connectivity index (χ1v) is 10.4. The van der Waals surface area contributed by atoms with Gasteiger partial charge in [0.2, 0.25) is 0 Å². The number of nitrogens with one attached hydrogen (secondary N) is 1. The first-order chi connectivity index (χ1) is 14.7. The van der Waals surface area contributed by atoms with Crippen LogP contribution < -0.4 is 5.32 Å².